The van der Waals surface area contributed by atoms with E-state index in [1.807, 2.05) is 0 Å². The minimum atomic E-state index is 0.251. The molecule has 0 atom stereocenters. The van der Waals surface area contributed by atoms with Gasteiger partial charge in [-0.15, -0.1) is 0 Å². The molecule has 0 aromatic rings. The van der Waals surface area contributed by atoms with Crippen LogP contribution >= 0.6 is 0 Å². The van der Waals surface area contributed by atoms with Gasteiger partial charge in [0.25, 0.3) is 0 Å². The van der Waals surface area contributed by atoms with Gasteiger partial charge in [-0.2, -0.15) is 0 Å². The lowest BCUT2D eigenvalue weighted by molar-refractivity contribution is -0.126. The van der Waals surface area contributed by atoms with Gasteiger partial charge in [0.1, 0.15) is 0 Å². The van der Waals surface area contributed by atoms with Gasteiger partial charge in [-0.25, -0.2) is 0 Å². The van der Waals surface area contributed by atoms with Crippen LogP contribution in [-0.2, 0) is 4.79 Å². The van der Waals surface area contributed by atoms with Gasteiger partial charge in [0, 0.05) is 13.0 Å². The van der Waals surface area contributed by atoms with E-state index in [-0.39, 0.29) is 5.91 Å². The van der Waals surface area contributed by atoms with Crippen molar-refractivity contribution in [3.8, 4) is 0 Å². The van der Waals surface area contributed by atoms with E-state index < -0.39 is 0 Å². The van der Waals surface area contributed by atoms with Crippen molar-refractivity contribution in [1.29, 1.82) is 0 Å². The standard InChI is InChI=1S/C10H17NO/c1-2-8-5-10(6-8)4-3-9(12)11-7-10/h8H,2-7H2,1H3,(H,11,12). The van der Waals surface area contributed by atoms with Crippen molar-refractivity contribution in [1.82, 2.24) is 5.32 Å². The third kappa shape index (κ3) is 1.23. The summed E-state index contributed by atoms with van der Waals surface area (Å²) in [5.74, 6) is 1.19. The second kappa shape index (κ2) is 2.75. The monoisotopic (exact) mass is 167 g/mol. The third-order valence-corrected chi connectivity index (χ3v) is 3.56. The van der Waals surface area contributed by atoms with E-state index in [1.165, 1.54) is 19.3 Å². The molecule has 2 aliphatic rings. The maximum Gasteiger partial charge on any atom is 0.220 e. The molecule has 1 aliphatic carbocycles. The molecule has 0 unspecified atom stereocenters. The van der Waals surface area contributed by atoms with Crippen LogP contribution in [-0.4, -0.2) is 12.5 Å². The van der Waals surface area contributed by atoms with Gasteiger partial charge < -0.3 is 5.32 Å². The molecule has 2 heteroatoms. The van der Waals surface area contributed by atoms with Crippen LogP contribution in [0.25, 0.3) is 0 Å². The molecule has 0 radical (unpaired) electrons. The first kappa shape index (κ1) is 8.09. The SMILES string of the molecule is CCC1CC2(CCC(=O)NC2)C1. The first-order valence-electron chi connectivity index (χ1n) is 5.01. The summed E-state index contributed by atoms with van der Waals surface area (Å²) in [6.45, 7) is 3.21. The summed E-state index contributed by atoms with van der Waals surface area (Å²) in [7, 11) is 0. The van der Waals surface area contributed by atoms with Gasteiger partial charge in [0.2, 0.25) is 5.91 Å². The molecule has 12 heavy (non-hydrogen) atoms. The maximum absolute atomic E-state index is 10.9. The number of amides is 1. The van der Waals surface area contributed by atoms with Gasteiger partial charge in [-0.3, -0.25) is 4.79 Å². The van der Waals surface area contributed by atoms with Crippen LogP contribution in [0.15, 0.2) is 0 Å². The predicted octanol–water partition coefficient (Wildman–Crippen LogP) is 1.70. The molecule has 1 amide bonds. The zero-order valence-electron chi connectivity index (χ0n) is 7.73. The Kier molecular flexibility index (Phi) is 1.85. The number of nitrogens with one attached hydrogen (secondary N) is 1. The molecule has 1 spiro atoms. The summed E-state index contributed by atoms with van der Waals surface area (Å²) in [6, 6.07) is 0. The van der Waals surface area contributed by atoms with E-state index >= 15 is 0 Å². The Balaban J connectivity index is 1.87. The molecule has 0 aromatic heterocycles. The zero-order valence-corrected chi connectivity index (χ0v) is 7.73. The Hall–Kier alpha value is -0.530. The fourth-order valence-electron chi connectivity index (χ4n) is 2.64. The van der Waals surface area contributed by atoms with Crippen molar-refractivity contribution in [3.05, 3.63) is 0 Å². The van der Waals surface area contributed by atoms with Crippen molar-refractivity contribution in [2.45, 2.75) is 39.0 Å². The molecular formula is C10H17NO. The normalized spacial score (nSPS) is 40.8. The quantitative estimate of drug-likeness (QED) is 0.632. The number of rotatable bonds is 1. The minimum Gasteiger partial charge on any atom is -0.356 e. The lowest BCUT2D eigenvalue weighted by atomic mass is 9.58. The van der Waals surface area contributed by atoms with Gasteiger partial charge in [0.05, 0.1) is 0 Å². The van der Waals surface area contributed by atoms with Crippen molar-refractivity contribution in [2.24, 2.45) is 11.3 Å². The van der Waals surface area contributed by atoms with Crippen molar-refractivity contribution < 1.29 is 4.79 Å². The first-order valence-corrected chi connectivity index (χ1v) is 5.01. The zero-order chi connectivity index (χ0) is 8.60. The second-order valence-electron chi connectivity index (χ2n) is 4.46. The highest BCUT2D eigenvalue weighted by molar-refractivity contribution is 5.76. The van der Waals surface area contributed by atoms with E-state index in [2.05, 4.69) is 12.2 Å². The number of hydrogen-bond acceptors (Lipinski definition) is 1. The van der Waals surface area contributed by atoms with E-state index in [4.69, 9.17) is 0 Å². The number of piperidine rings is 1. The Bertz CT molecular complexity index is 182. The molecule has 1 saturated heterocycles. The smallest absolute Gasteiger partial charge is 0.220 e. The molecule has 2 rings (SSSR count). The number of hydrogen-bond donors (Lipinski definition) is 1. The summed E-state index contributed by atoms with van der Waals surface area (Å²) < 4.78 is 0. The fourth-order valence-corrected chi connectivity index (χ4v) is 2.64. The van der Waals surface area contributed by atoms with Gasteiger partial charge in [0.15, 0.2) is 0 Å². The predicted molar refractivity (Wildman–Crippen MR) is 47.7 cm³/mol. The van der Waals surface area contributed by atoms with Gasteiger partial charge in [-0.1, -0.05) is 13.3 Å². The summed E-state index contributed by atoms with van der Waals surface area (Å²) >= 11 is 0. The Morgan fingerprint density at radius 2 is 2.33 bits per heavy atom. The van der Waals surface area contributed by atoms with Crippen LogP contribution in [0.3, 0.4) is 0 Å². The van der Waals surface area contributed by atoms with Crippen LogP contribution in [0.5, 0.6) is 0 Å². The highest BCUT2D eigenvalue weighted by atomic mass is 16.1. The molecule has 1 aliphatic heterocycles. The Morgan fingerprint density at radius 3 is 2.83 bits per heavy atom. The van der Waals surface area contributed by atoms with E-state index in [0.29, 0.717) is 5.41 Å². The molecule has 1 saturated carbocycles. The highest BCUT2D eigenvalue weighted by Crippen LogP contribution is 2.50. The van der Waals surface area contributed by atoms with E-state index in [9.17, 15) is 4.79 Å². The summed E-state index contributed by atoms with van der Waals surface area (Å²) in [6.07, 6.45) is 5.91. The average molecular weight is 167 g/mol. The summed E-state index contributed by atoms with van der Waals surface area (Å²) in [5, 5.41) is 2.98. The van der Waals surface area contributed by atoms with Crippen LogP contribution in [0.1, 0.15) is 39.0 Å². The van der Waals surface area contributed by atoms with E-state index in [0.717, 1.165) is 25.3 Å². The molecule has 1 N–H and O–H groups in total. The third-order valence-electron chi connectivity index (χ3n) is 3.56. The van der Waals surface area contributed by atoms with Gasteiger partial charge >= 0.3 is 0 Å². The van der Waals surface area contributed by atoms with Crippen LogP contribution in [0.4, 0.5) is 0 Å². The Morgan fingerprint density at radius 1 is 1.58 bits per heavy atom. The molecule has 2 nitrogen and oxygen atoms in total. The summed E-state index contributed by atoms with van der Waals surface area (Å²) in [5.41, 5.74) is 0.522. The van der Waals surface area contributed by atoms with Crippen molar-refractivity contribution in [3.63, 3.8) is 0 Å². The van der Waals surface area contributed by atoms with Crippen LogP contribution in [0.2, 0.25) is 0 Å². The molecule has 0 aromatic carbocycles. The summed E-state index contributed by atoms with van der Waals surface area (Å²) in [4.78, 5) is 10.9. The first-order chi connectivity index (χ1) is 5.74. The lowest BCUT2D eigenvalue weighted by Crippen LogP contribution is -2.50. The van der Waals surface area contributed by atoms with Gasteiger partial charge in [-0.05, 0) is 30.6 Å². The van der Waals surface area contributed by atoms with Crippen LogP contribution < -0.4 is 5.32 Å². The van der Waals surface area contributed by atoms with Crippen molar-refractivity contribution >= 4 is 5.91 Å². The molecule has 2 fully saturated rings. The largest absolute Gasteiger partial charge is 0.356 e. The van der Waals surface area contributed by atoms with Crippen LogP contribution in [0, 0.1) is 11.3 Å². The topological polar surface area (TPSA) is 29.1 Å². The fraction of sp³-hybridized carbons (Fsp3) is 0.900. The minimum absolute atomic E-state index is 0.251. The molecular weight excluding hydrogens is 150 g/mol. The van der Waals surface area contributed by atoms with Crippen molar-refractivity contribution in [2.75, 3.05) is 6.54 Å². The Labute approximate surface area is 73.7 Å². The maximum atomic E-state index is 10.9. The second-order valence-corrected chi connectivity index (χ2v) is 4.46. The lowest BCUT2D eigenvalue weighted by Gasteiger charge is -2.50. The molecule has 1 heterocycles. The molecule has 0 bridgehead atoms. The average Bonchev–Trinajstić information content (AvgIpc) is 2.02. The van der Waals surface area contributed by atoms with E-state index in [1.54, 1.807) is 0 Å². The highest BCUT2D eigenvalue weighted by Gasteiger charge is 2.44. The number of carbonyl (C=O) groups excluding carboxylic acids is 1. The number of carbonyl (C=O) groups is 1. The molecule has 68 valence electrons.